The van der Waals surface area contributed by atoms with Crippen molar-refractivity contribution in [2.75, 3.05) is 31.1 Å². The number of aliphatic carboxylic acids is 1. The Kier molecular flexibility index (Phi) is 12.5. The number of carboxylic acid groups (broad SMARTS) is 1. The van der Waals surface area contributed by atoms with E-state index in [4.69, 9.17) is 0 Å². The summed E-state index contributed by atoms with van der Waals surface area (Å²) in [6.07, 6.45) is 8.27. The van der Waals surface area contributed by atoms with E-state index in [2.05, 4.69) is 51.3 Å². The third kappa shape index (κ3) is 10.1. The number of rotatable bonds is 13. The summed E-state index contributed by atoms with van der Waals surface area (Å²) >= 11 is 3.49. The Balaban J connectivity index is 1.06. The Hall–Kier alpha value is -3.04. The second kappa shape index (κ2) is 16.3. The van der Waals surface area contributed by atoms with Gasteiger partial charge in [0.1, 0.15) is 22.5 Å². The van der Waals surface area contributed by atoms with Gasteiger partial charge in [0.05, 0.1) is 9.37 Å². The normalized spacial score (nSPS) is 17.8. The highest BCUT2D eigenvalue weighted by molar-refractivity contribution is 9.10. The number of nitrogens with one attached hydrogen (secondary N) is 1. The predicted octanol–water partition coefficient (Wildman–Crippen LogP) is 6.31. The van der Waals surface area contributed by atoms with E-state index < -0.39 is 32.1 Å². The zero-order valence-electron chi connectivity index (χ0n) is 29.5. The van der Waals surface area contributed by atoms with Gasteiger partial charge in [-0.15, -0.1) is 0 Å². The molecular weight excluding hydrogens is 756 g/mol. The first-order valence-electron chi connectivity index (χ1n) is 17.6. The molecule has 14 heteroatoms. The predicted molar refractivity (Wildman–Crippen MR) is 201 cm³/mol. The average molecular weight is 806 g/mol. The van der Waals surface area contributed by atoms with Gasteiger partial charge >= 0.3 is 5.97 Å². The number of halogens is 1. The number of hydrogen-bond donors (Lipinski definition) is 3. The van der Waals surface area contributed by atoms with Gasteiger partial charge in [0.15, 0.2) is 0 Å². The van der Waals surface area contributed by atoms with Crippen LogP contribution in [0, 0.1) is 11.8 Å². The van der Waals surface area contributed by atoms with E-state index in [1.54, 1.807) is 28.6 Å². The third-order valence-electron chi connectivity index (χ3n) is 10.1. The zero-order valence-corrected chi connectivity index (χ0v) is 32.7. The van der Waals surface area contributed by atoms with Crippen LogP contribution in [0.15, 0.2) is 75.1 Å². The van der Waals surface area contributed by atoms with E-state index in [-0.39, 0.29) is 22.5 Å². The molecule has 0 spiro atoms. The number of carbonyl (C=O) groups is 1. The van der Waals surface area contributed by atoms with Crippen LogP contribution in [-0.4, -0.2) is 74.5 Å². The van der Waals surface area contributed by atoms with E-state index in [1.165, 1.54) is 24.4 Å². The molecule has 1 atom stereocenters. The lowest BCUT2D eigenvalue weighted by atomic mass is 9.87. The van der Waals surface area contributed by atoms with Gasteiger partial charge in [0.25, 0.3) is 0 Å². The van der Waals surface area contributed by atoms with Crippen LogP contribution in [0.5, 0.6) is 5.75 Å². The second-order valence-corrected chi connectivity index (χ2v) is 19.3. The molecule has 2 aliphatic heterocycles. The van der Waals surface area contributed by atoms with Crippen LogP contribution < -0.4 is 9.62 Å². The first-order chi connectivity index (χ1) is 24.0. The molecule has 11 nitrogen and oxygen atoms in total. The molecule has 0 bridgehead atoms. The summed E-state index contributed by atoms with van der Waals surface area (Å²) in [7, 11) is -7.67. The fourth-order valence-corrected chi connectivity index (χ4v) is 10.3. The molecule has 278 valence electrons. The molecule has 51 heavy (non-hydrogen) atoms. The molecule has 2 aliphatic rings. The Morgan fingerprint density at radius 2 is 1.47 bits per heavy atom. The van der Waals surface area contributed by atoms with E-state index in [0.29, 0.717) is 45.7 Å². The monoisotopic (exact) mass is 804 g/mol. The van der Waals surface area contributed by atoms with Gasteiger partial charge in [-0.25, -0.2) is 21.8 Å². The molecule has 5 rings (SSSR count). The number of aromatic hydroxyl groups is 1. The molecule has 3 aromatic rings. The molecule has 0 aliphatic carbocycles. The minimum atomic E-state index is -4.18. The highest BCUT2D eigenvalue weighted by Gasteiger charge is 2.31. The lowest BCUT2D eigenvalue weighted by Gasteiger charge is -2.34. The van der Waals surface area contributed by atoms with Crippen LogP contribution in [-0.2, 0) is 36.7 Å². The minimum Gasteiger partial charge on any atom is -0.508 e. The van der Waals surface area contributed by atoms with Crippen molar-refractivity contribution in [3.05, 3.63) is 76.4 Å². The van der Waals surface area contributed by atoms with Crippen molar-refractivity contribution >= 4 is 47.8 Å². The van der Waals surface area contributed by atoms with Crippen molar-refractivity contribution in [2.45, 2.75) is 93.4 Å². The number of aromatic nitrogens is 1. The Morgan fingerprint density at radius 1 is 0.902 bits per heavy atom. The van der Waals surface area contributed by atoms with Gasteiger partial charge < -0.3 is 15.1 Å². The van der Waals surface area contributed by atoms with Crippen molar-refractivity contribution in [1.82, 2.24) is 14.0 Å². The van der Waals surface area contributed by atoms with Gasteiger partial charge in [-0.05, 0) is 107 Å². The first-order valence-corrected chi connectivity index (χ1v) is 21.3. The van der Waals surface area contributed by atoms with Gasteiger partial charge in [0, 0.05) is 32.4 Å². The van der Waals surface area contributed by atoms with Gasteiger partial charge in [-0.2, -0.15) is 9.03 Å². The molecular formula is C37H49BrN4O7S2. The van der Waals surface area contributed by atoms with Gasteiger partial charge in [-0.3, -0.25) is 4.79 Å². The van der Waals surface area contributed by atoms with Crippen molar-refractivity contribution in [2.24, 2.45) is 11.8 Å². The summed E-state index contributed by atoms with van der Waals surface area (Å²) in [6, 6.07) is 13.3. The Labute approximate surface area is 310 Å². The van der Waals surface area contributed by atoms with E-state index in [0.717, 1.165) is 63.6 Å². The van der Waals surface area contributed by atoms with Crippen molar-refractivity contribution in [3.8, 4) is 5.75 Å². The number of phenolic OH excluding ortho intramolecular Hbond substituents is 1. The summed E-state index contributed by atoms with van der Waals surface area (Å²) < 4.78 is 57.2. The maximum atomic E-state index is 13.3. The maximum Gasteiger partial charge on any atom is 0.322 e. The molecule has 2 aromatic carbocycles. The number of benzene rings is 2. The zero-order chi connectivity index (χ0) is 37.0. The quantitative estimate of drug-likeness (QED) is 0.180. The summed E-state index contributed by atoms with van der Waals surface area (Å²) in [5.74, 6) is 0.487. The summed E-state index contributed by atoms with van der Waals surface area (Å²) in [6.45, 7) is 9.05. The number of anilines is 1. The smallest absolute Gasteiger partial charge is 0.322 e. The van der Waals surface area contributed by atoms with Crippen molar-refractivity contribution in [1.29, 1.82) is 0 Å². The molecule has 3 N–H and O–H groups in total. The molecule has 2 saturated heterocycles. The number of sulfonamides is 2. The molecule has 2 fully saturated rings. The summed E-state index contributed by atoms with van der Waals surface area (Å²) in [5, 5.41) is 19.2. The average Bonchev–Trinajstić information content (AvgIpc) is 3.09. The van der Waals surface area contributed by atoms with Crippen LogP contribution in [0.4, 0.5) is 5.82 Å². The standard InChI is InChI=1S/C37H49BrN4O7S2/c1-37(2,3)29-9-13-31(14-10-29)51(48,49)42-21-17-27(18-22-42)6-4-5-26-15-19-41(20-16-26)35-33(38)24-32(25-39-35)50(46,47)40-34(36(44)45)23-28-7-11-30(43)12-8-28/h7-14,24-27,34,40,43H,4-6,15-23H2,1-3H3,(H,44,45). The Bertz CT molecular complexity index is 1870. The number of carboxylic acids is 1. The van der Waals surface area contributed by atoms with Crippen molar-refractivity contribution < 1.29 is 31.8 Å². The number of hydrogen-bond acceptors (Lipinski definition) is 8. The number of nitrogens with zero attached hydrogens (tertiary/aromatic N) is 3. The number of phenols is 1. The van der Waals surface area contributed by atoms with Crippen molar-refractivity contribution in [3.63, 3.8) is 0 Å². The lowest BCUT2D eigenvalue weighted by Crippen LogP contribution is -2.42. The Morgan fingerprint density at radius 3 is 2.00 bits per heavy atom. The lowest BCUT2D eigenvalue weighted by molar-refractivity contribution is -0.138. The summed E-state index contributed by atoms with van der Waals surface area (Å²) in [4.78, 5) is 18.7. The molecule has 3 heterocycles. The van der Waals surface area contributed by atoms with E-state index in [1.807, 2.05) is 12.1 Å². The topological polar surface area (TPSA) is 157 Å². The maximum absolute atomic E-state index is 13.3. The highest BCUT2D eigenvalue weighted by atomic mass is 79.9. The summed E-state index contributed by atoms with van der Waals surface area (Å²) in [5.41, 5.74) is 1.65. The largest absolute Gasteiger partial charge is 0.508 e. The molecule has 1 aromatic heterocycles. The molecule has 0 saturated carbocycles. The number of pyridine rings is 1. The SMILES string of the molecule is CC(C)(C)c1ccc(S(=O)(=O)N2CCC(CCCC3CCN(c4ncc(S(=O)(=O)NC(Cc5ccc(O)cc5)C(=O)O)cc4Br)CC3)CC2)cc1. The third-order valence-corrected chi connectivity index (χ3v) is 14.1. The van der Waals surface area contributed by atoms with Crippen LogP contribution >= 0.6 is 15.9 Å². The second-order valence-electron chi connectivity index (χ2n) is 14.8. The molecule has 0 amide bonds. The molecule has 0 radical (unpaired) electrons. The molecule has 1 unspecified atom stereocenters. The highest BCUT2D eigenvalue weighted by Crippen LogP contribution is 2.33. The first kappa shape index (κ1) is 39.2. The van der Waals surface area contributed by atoms with Crippen LogP contribution in [0.2, 0.25) is 0 Å². The fraction of sp³-hybridized carbons (Fsp3) is 0.514. The van der Waals surface area contributed by atoms with Crippen LogP contribution in [0.25, 0.3) is 0 Å². The number of piperidine rings is 2. The van der Waals surface area contributed by atoms with Gasteiger partial charge in [0.2, 0.25) is 20.0 Å². The van der Waals surface area contributed by atoms with E-state index in [9.17, 15) is 31.8 Å². The minimum absolute atomic E-state index is 0.0280. The fourth-order valence-electron chi connectivity index (χ4n) is 6.94. The van der Waals surface area contributed by atoms with Crippen LogP contribution in [0.3, 0.4) is 0 Å². The van der Waals surface area contributed by atoms with Crippen LogP contribution in [0.1, 0.15) is 76.8 Å². The van der Waals surface area contributed by atoms with E-state index >= 15 is 0 Å². The van der Waals surface area contributed by atoms with Gasteiger partial charge in [-0.1, -0.05) is 64.3 Å².